The van der Waals surface area contributed by atoms with Crippen molar-refractivity contribution in [2.24, 2.45) is 13.0 Å². The van der Waals surface area contributed by atoms with Crippen LogP contribution in [0.25, 0.3) is 0 Å². The number of benzene rings is 1. The van der Waals surface area contributed by atoms with Crippen LogP contribution in [-0.2, 0) is 11.8 Å². The molecule has 3 rings (SSSR count). The van der Waals surface area contributed by atoms with Crippen molar-refractivity contribution in [2.45, 2.75) is 25.8 Å². The van der Waals surface area contributed by atoms with Gasteiger partial charge in [-0.05, 0) is 44.0 Å². The summed E-state index contributed by atoms with van der Waals surface area (Å²) in [5, 5.41) is 10.8. The first-order valence-electron chi connectivity index (χ1n) is 8.65. The van der Waals surface area contributed by atoms with Crippen LogP contribution >= 0.6 is 0 Å². The van der Waals surface area contributed by atoms with Gasteiger partial charge in [0.25, 0.3) is 5.91 Å². The third-order valence-corrected chi connectivity index (χ3v) is 4.74. The van der Waals surface area contributed by atoms with Gasteiger partial charge in [0.05, 0.1) is 6.04 Å². The molecule has 0 bridgehead atoms. The number of carbonyl (C=O) groups is 2. The highest BCUT2D eigenvalue weighted by molar-refractivity contribution is 5.94. The van der Waals surface area contributed by atoms with Gasteiger partial charge in [0.2, 0.25) is 5.91 Å². The highest BCUT2D eigenvalue weighted by Gasteiger charge is 2.29. The summed E-state index contributed by atoms with van der Waals surface area (Å²) in [6.07, 6.45) is 2.80. The highest BCUT2D eigenvalue weighted by Crippen LogP contribution is 2.21. The number of likely N-dealkylation sites (tertiary alicyclic amines) is 1. The van der Waals surface area contributed by atoms with Crippen molar-refractivity contribution in [3.05, 3.63) is 47.8 Å². The summed E-state index contributed by atoms with van der Waals surface area (Å²) in [7, 11) is 1.83. The van der Waals surface area contributed by atoms with Crippen molar-refractivity contribution in [3.8, 4) is 0 Å². The summed E-state index contributed by atoms with van der Waals surface area (Å²) in [5.41, 5.74) is 0.463. The molecular formula is C18H22FN5O2. The fourth-order valence-electron chi connectivity index (χ4n) is 3.20. The first kappa shape index (κ1) is 18.0. The van der Waals surface area contributed by atoms with Gasteiger partial charge in [0.15, 0.2) is 5.82 Å². The van der Waals surface area contributed by atoms with E-state index in [9.17, 15) is 14.0 Å². The summed E-state index contributed by atoms with van der Waals surface area (Å²) in [4.78, 5) is 26.6. The van der Waals surface area contributed by atoms with E-state index >= 15 is 0 Å². The zero-order chi connectivity index (χ0) is 18.7. The van der Waals surface area contributed by atoms with Crippen LogP contribution in [0.15, 0.2) is 30.6 Å². The second kappa shape index (κ2) is 7.63. The molecule has 1 aromatic heterocycles. The van der Waals surface area contributed by atoms with E-state index in [0.717, 1.165) is 0 Å². The molecule has 0 aliphatic carbocycles. The summed E-state index contributed by atoms with van der Waals surface area (Å²) < 4.78 is 14.8. The molecule has 8 heteroatoms. The molecule has 0 saturated carbocycles. The van der Waals surface area contributed by atoms with Crippen molar-refractivity contribution in [2.75, 3.05) is 13.1 Å². The van der Waals surface area contributed by atoms with Crippen LogP contribution in [0.1, 0.15) is 42.0 Å². The summed E-state index contributed by atoms with van der Waals surface area (Å²) in [6, 6.07) is 5.30. The van der Waals surface area contributed by atoms with Crippen LogP contribution in [-0.4, -0.2) is 44.6 Å². The fraction of sp³-hybridized carbons (Fsp3) is 0.444. The number of hydrogen-bond acceptors (Lipinski definition) is 4. The Morgan fingerprint density at radius 2 is 1.88 bits per heavy atom. The molecule has 1 N–H and O–H groups in total. The Morgan fingerprint density at radius 3 is 2.46 bits per heavy atom. The fourth-order valence-corrected chi connectivity index (χ4v) is 3.20. The Morgan fingerprint density at radius 1 is 1.23 bits per heavy atom. The molecule has 1 unspecified atom stereocenters. The Hall–Kier alpha value is -2.77. The minimum Gasteiger partial charge on any atom is -0.346 e. The molecule has 7 nitrogen and oxygen atoms in total. The predicted octanol–water partition coefficient (Wildman–Crippen LogP) is 1.68. The lowest BCUT2D eigenvalue weighted by atomic mass is 9.95. The van der Waals surface area contributed by atoms with Gasteiger partial charge < -0.3 is 14.8 Å². The molecular weight excluding hydrogens is 337 g/mol. The molecule has 1 aliphatic rings. The van der Waals surface area contributed by atoms with Gasteiger partial charge in [-0.3, -0.25) is 9.59 Å². The maximum atomic E-state index is 13.0. The van der Waals surface area contributed by atoms with Gasteiger partial charge in [-0.2, -0.15) is 0 Å². The topological polar surface area (TPSA) is 80.1 Å². The van der Waals surface area contributed by atoms with Crippen molar-refractivity contribution in [3.63, 3.8) is 0 Å². The largest absolute Gasteiger partial charge is 0.346 e. The average Bonchev–Trinajstić information content (AvgIpc) is 3.08. The minimum absolute atomic E-state index is 0.0330. The van der Waals surface area contributed by atoms with E-state index in [2.05, 4.69) is 15.5 Å². The lowest BCUT2D eigenvalue weighted by Gasteiger charge is -2.32. The first-order chi connectivity index (χ1) is 12.5. The third kappa shape index (κ3) is 3.89. The number of nitrogens with one attached hydrogen (secondary N) is 1. The van der Waals surface area contributed by atoms with E-state index in [-0.39, 0.29) is 29.6 Å². The lowest BCUT2D eigenvalue weighted by molar-refractivity contribution is -0.127. The van der Waals surface area contributed by atoms with Crippen LogP contribution in [0.3, 0.4) is 0 Å². The van der Waals surface area contributed by atoms with Crippen LogP contribution in [0, 0.1) is 11.7 Å². The quantitative estimate of drug-likeness (QED) is 0.901. The SMILES string of the molecule is CC(NC(=O)C1CCN(C(=O)c2ccc(F)cc2)CC1)c1nncn1C. The minimum atomic E-state index is -0.367. The maximum Gasteiger partial charge on any atom is 0.253 e. The second-order valence-electron chi connectivity index (χ2n) is 6.60. The number of halogens is 1. The Labute approximate surface area is 151 Å². The Balaban J connectivity index is 1.53. The van der Waals surface area contributed by atoms with E-state index in [4.69, 9.17) is 0 Å². The number of aromatic nitrogens is 3. The predicted molar refractivity (Wildman–Crippen MR) is 92.6 cm³/mol. The molecule has 2 aromatic rings. The van der Waals surface area contributed by atoms with Gasteiger partial charge in [0, 0.05) is 31.6 Å². The second-order valence-corrected chi connectivity index (χ2v) is 6.60. The Kier molecular flexibility index (Phi) is 5.29. The first-order valence-corrected chi connectivity index (χ1v) is 8.65. The average molecular weight is 359 g/mol. The molecule has 2 amide bonds. The molecule has 1 atom stereocenters. The van der Waals surface area contributed by atoms with Crippen LogP contribution in [0.5, 0.6) is 0 Å². The molecule has 1 fully saturated rings. The number of piperidine rings is 1. The van der Waals surface area contributed by atoms with Crippen LogP contribution in [0.2, 0.25) is 0 Å². The smallest absolute Gasteiger partial charge is 0.253 e. The summed E-state index contributed by atoms with van der Waals surface area (Å²) in [6.45, 7) is 2.88. The van der Waals surface area contributed by atoms with Gasteiger partial charge in [0.1, 0.15) is 12.1 Å². The number of nitrogens with zero attached hydrogens (tertiary/aromatic N) is 4. The molecule has 1 saturated heterocycles. The van der Waals surface area contributed by atoms with Crippen molar-refractivity contribution in [1.82, 2.24) is 25.0 Å². The highest BCUT2D eigenvalue weighted by atomic mass is 19.1. The zero-order valence-electron chi connectivity index (χ0n) is 14.9. The van der Waals surface area contributed by atoms with Crippen LogP contribution < -0.4 is 5.32 Å². The number of rotatable bonds is 4. The van der Waals surface area contributed by atoms with Gasteiger partial charge in [-0.1, -0.05) is 0 Å². The normalized spacial score (nSPS) is 16.3. The summed E-state index contributed by atoms with van der Waals surface area (Å²) >= 11 is 0. The van der Waals surface area contributed by atoms with Gasteiger partial charge >= 0.3 is 0 Å². The lowest BCUT2D eigenvalue weighted by Crippen LogP contribution is -2.43. The van der Waals surface area contributed by atoms with Crippen molar-refractivity contribution in [1.29, 1.82) is 0 Å². The number of aryl methyl sites for hydroxylation is 1. The molecule has 1 aliphatic heterocycles. The van der Waals surface area contributed by atoms with Crippen LogP contribution in [0.4, 0.5) is 4.39 Å². The number of hydrogen-bond donors (Lipinski definition) is 1. The van der Waals surface area contributed by atoms with E-state index in [1.165, 1.54) is 24.3 Å². The molecule has 1 aromatic carbocycles. The monoisotopic (exact) mass is 359 g/mol. The van der Waals surface area contributed by atoms with E-state index in [1.807, 2.05) is 14.0 Å². The van der Waals surface area contributed by atoms with Crippen molar-refractivity contribution < 1.29 is 14.0 Å². The molecule has 0 radical (unpaired) electrons. The van der Waals surface area contributed by atoms with Gasteiger partial charge in [-0.25, -0.2) is 4.39 Å². The van der Waals surface area contributed by atoms with E-state index in [0.29, 0.717) is 37.3 Å². The molecule has 0 spiro atoms. The molecule has 2 heterocycles. The van der Waals surface area contributed by atoms with Gasteiger partial charge in [-0.15, -0.1) is 10.2 Å². The summed E-state index contributed by atoms with van der Waals surface area (Å²) in [5.74, 6) is 0.0323. The zero-order valence-corrected chi connectivity index (χ0v) is 14.9. The van der Waals surface area contributed by atoms with E-state index in [1.54, 1.807) is 15.8 Å². The molecule has 138 valence electrons. The Bertz CT molecular complexity index is 781. The van der Waals surface area contributed by atoms with E-state index < -0.39 is 0 Å². The number of carbonyl (C=O) groups excluding carboxylic acids is 2. The standard InChI is InChI=1S/C18H22FN5O2/c1-12(16-22-20-11-23(16)2)21-17(25)13-7-9-24(10-8-13)18(26)14-3-5-15(19)6-4-14/h3-6,11-13H,7-10H2,1-2H3,(H,21,25). The number of amides is 2. The van der Waals surface area contributed by atoms with Crippen molar-refractivity contribution >= 4 is 11.8 Å². The maximum absolute atomic E-state index is 13.0. The molecule has 26 heavy (non-hydrogen) atoms. The third-order valence-electron chi connectivity index (χ3n) is 4.74.